The highest BCUT2D eigenvalue weighted by molar-refractivity contribution is 5.91. The van der Waals surface area contributed by atoms with Crippen LogP contribution in [0.4, 0.5) is 0 Å². The van der Waals surface area contributed by atoms with E-state index < -0.39 is 24.0 Å². The van der Waals surface area contributed by atoms with Crippen LogP contribution in [0.1, 0.15) is 43.9 Å². The molecule has 0 spiro atoms. The third-order valence-electron chi connectivity index (χ3n) is 5.96. The van der Waals surface area contributed by atoms with Gasteiger partial charge in [-0.3, -0.25) is 14.4 Å². The minimum atomic E-state index is -0.714. The normalized spacial score (nSPS) is 23.5. The molecule has 0 aromatic heterocycles. The number of carbonyl (C=O) groups excluding carboxylic acids is 3. The van der Waals surface area contributed by atoms with Crippen LogP contribution in [0.2, 0.25) is 0 Å². The van der Waals surface area contributed by atoms with Crippen molar-refractivity contribution in [3.05, 3.63) is 35.4 Å². The van der Waals surface area contributed by atoms with Crippen molar-refractivity contribution in [3.8, 4) is 6.07 Å². The molecule has 2 fully saturated rings. The maximum absolute atomic E-state index is 13.4. The van der Waals surface area contributed by atoms with E-state index in [-0.39, 0.29) is 30.6 Å². The van der Waals surface area contributed by atoms with Crippen molar-refractivity contribution in [1.29, 1.82) is 5.26 Å². The van der Waals surface area contributed by atoms with E-state index >= 15 is 0 Å². The molecule has 2 aliphatic rings. The van der Waals surface area contributed by atoms with Crippen LogP contribution in [0.5, 0.6) is 0 Å². The maximum atomic E-state index is 13.4. The Morgan fingerprint density at radius 3 is 2.39 bits per heavy atom. The fraction of sp³-hybridized carbons (Fsp3) is 0.565. The van der Waals surface area contributed by atoms with Crippen molar-refractivity contribution in [2.24, 2.45) is 11.8 Å². The number of piperazine rings is 1. The lowest BCUT2D eigenvalue weighted by Gasteiger charge is -2.35. The SMILES string of the molecule is COC(=O)C1CC(C(=O)N2CCNCC2)N(C(=O)CC(C)C)C1c1ccc(C#N)cc1. The van der Waals surface area contributed by atoms with E-state index in [0.717, 1.165) is 5.56 Å². The average Bonchev–Trinajstić information content (AvgIpc) is 3.19. The number of likely N-dealkylation sites (tertiary alicyclic amines) is 1. The Kier molecular flexibility index (Phi) is 7.29. The number of ether oxygens (including phenoxy) is 1. The van der Waals surface area contributed by atoms with Gasteiger partial charge in [-0.25, -0.2) is 0 Å². The first-order chi connectivity index (χ1) is 14.9. The summed E-state index contributed by atoms with van der Waals surface area (Å²) in [7, 11) is 1.32. The summed E-state index contributed by atoms with van der Waals surface area (Å²) >= 11 is 0. The predicted molar refractivity (Wildman–Crippen MR) is 114 cm³/mol. The van der Waals surface area contributed by atoms with Crippen LogP contribution in [0, 0.1) is 23.2 Å². The number of amides is 2. The first-order valence-corrected chi connectivity index (χ1v) is 10.8. The van der Waals surface area contributed by atoms with Gasteiger partial charge in [-0.15, -0.1) is 0 Å². The Hall–Kier alpha value is -2.92. The fourth-order valence-electron chi connectivity index (χ4n) is 4.49. The molecular formula is C23H30N4O4. The third kappa shape index (κ3) is 4.88. The van der Waals surface area contributed by atoms with Gasteiger partial charge in [0.05, 0.1) is 30.7 Å². The molecule has 0 radical (unpaired) electrons. The topological polar surface area (TPSA) is 103 Å². The minimum Gasteiger partial charge on any atom is -0.469 e. The molecule has 0 aliphatic carbocycles. The van der Waals surface area contributed by atoms with E-state index in [1.165, 1.54) is 7.11 Å². The first kappa shape index (κ1) is 22.8. The van der Waals surface area contributed by atoms with Crippen LogP contribution in [0.3, 0.4) is 0 Å². The summed E-state index contributed by atoms with van der Waals surface area (Å²) in [5, 5.41) is 12.4. The summed E-state index contributed by atoms with van der Waals surface area (Å²) < 4.78 is 5.05. The van der Waals surface area contributed by atoms with Gasteiger partial charge in [0.2, 0.25) is 11.8 Å². The maximum Gasteiger partial charge on any atom is 0.311 e. The standard InChI is InChI=1S/C23H30N4O4/c1-15(2)12-20(28)27-19(22(29)26-10-8-25-9-11-26)13-18(23(30)31-3)21(27)17-6-4-16(14-24)5-7-17/h4-7,15,18-19,21,25H,8-13H2,1-3H3. The van der Waals surface area contributed by atoms with Crippen molar-refractivity contribution < 1.29 is 19.1 Å². The van der Waals surface area contributed by atoms with Gasteiger partial charge >= 0.3 is 5.97 Å². The number of hydrogen-bond acceptors (Lipinski definition) is 6. The number of carbonyl (C=O) groups is 3. The molecule has 8 nitrogen and oxygen atoms in total. The molecule has 8 heteroatoms. The summed E-state index contributed by atoms with van der Waals surface area (Å²) in [5.74, 6) is -1.24. The molecule has 0 saturated carbocycles. The molecule has 3 rings (SSSR count). The van der Waals surface area contributed by atoms with Crippen LogP contribution >= 0.6 is 0 Å². The lowest BCUT2D eigenvalue weighted by atomic mass is 9.92. The number of nitrogens with one attached hydrogen (secondary N) is 1. The van der Waals surface area contributed by atoms with E-state index in [1.54, 1.807) is 34.1 Å². The zero-order valence-corrected chi connectivity index (χ0v) is 18.3. The van der Waals surface area contributed by atoms with Gasteiger partial charge < -0.3 is 19.9 Å². The molecule has 1 N–H and O–H groups in total. The van der Waals surface area contributed by atoms with Gasteiger partial charge in [0.25, 0.3) is 0 Å². The van der Waals surface area contributed by atoms with Crippen molar-refractivity contribution in [3.63, 3.8) is 0 Å². The van der Waals surface area contributed by atoms with Crippen LogP contribution in [-0.4, -0.2) is 66.9 Å². The lowest BCUT2D eigenvalue weighted by Crippen LogP contribution is -2.53. The van der Waals surface area contributed by atoms with Gasteiger partial charge in [0.15, 0.2) is 0 Å². The summed E-state index contributed by atoms with van der Waals surface area (Å²) in [6, 6.07) is 7.61. The van der Waals surface area contributed by atoms with Crippen molar-refractivity contribution in [2.45, 2.75) is 38.8 Å². The Morgan fingerprint density at radius 1 is 1.19 bits per heavy atom. The smallest absolute Gasteiger partial charge is 0.311 e. The second-order valence-electron chi connectivity index (χ2n) is 8.53. The number of nitriles is 1. The fourth-order valence-corrected chi connectivity index (χ4v) is 4.49. The highest BCUT2D eigenvalue weighted by atomic mass is 16.5. The molecule has 3 unspecified atom stereocenters. The molecular weight excluding hydrogens is 396 g/mol. The zero-order valence-electron chi connectivity index (χ0n) is 18.3. The first-order valence-electron chi connectivity index (χ1n) is 10.8. The van der Waals surface area contributed by atoms with E-state index in [9.17, 15) is 14.4 Å². The largest absolute Gasteiger partial charge is 0.469 e. The van der Waals surface area contributed by atoms with Gasteiger partial charge in [-0.1, -0.05) is 26.0 Å². The summed E-state index contributed by atoms with van der Waals surface area (Å²) in [4.78, 5) is 42.9. The average molecular weight is 427 g/mol. The second-order valence-corrected chi connectivity index (χ2v) is 8.53. The highest BCUT2D eigenvalue weighted by Crippen LogP contribution is 2.43. The summed E-state index contributed by atoms with van der Waals surface area (Å²) in [6.45, 7) is 6.47. The van der Waals surface area contributed by atoms with Crippen LogP contribution < -0.4 is 5.32 Å². The second kappa shape index (κ2) is 9.92. The Labute approximate surface area is 183 Å². The zero-order chi connectivity index (χ0) is 22.5. The molecule has 3 atom stereocenters. The van der Waals surface area contributed by atoms with Crippen molar-refractivity contribution >= 4 is 17.8 Å². The molecule has 2 amide bonds. The summed E-state index contributed by atoms with van der Waals surface area (Å²) in [6.07, 6.45) is 0.510. The van der Waals surface area contributed by atoms with Gasteiger partial charge in [0.1, 0.15) is 6.04 Å². The number of esters is 1. The van der Waals surface area contributed by atoms with Crippen molar-refractivity contribution in [1.82, 2.24) is 15.1 Å². The Balaban J connectivity index is 2.02. The molecule has 166 valence electrons. The third-order valence-corrected chi connectivity index (χ3v) is 5.96. The highest BCUT2D eigenvalue weighted by Gasteiger charge is 2.51. The molecule has 1 aromatic rings. The molecule has 1 aromatic carbocycles. The Morgan fingerprint density at radius 2 is 1.84 bits per heavy atom. The number of rotatable bonds is 5. The number of nitrogens with zero attached hydrogens (tertiary/aromatic N) is 3. The molecule has 2 heterocycles. The molecule has 0 bridgehead atoms. The predicted octanol–water partition coefficient (Wildman–Crippen LogP) is 1.47. The Bertz CT molecular complexity index is 855. The van der Waals surface area contributed by atoms with E-state index in [2.05, 4.69) is 11.4 Å². The molecule has 2 saturated heterocycles. The minimum absolute atomic E-state index is 0.112. The van der Waals surface area contributed by atoms with Gasteiger partial charge in [-0.05, 0) is 30.0 Å². The quantitative estimate of drug-likeness (QED) is 0.716. The molecule has 31 heavy (non-hydrogen) atoms. The number of methoxy groups -OCH3 is 1. The van der Waals surface area contributed by atoms with Crippen LogP contribution in [0.15, 0.2) is 24.3 Å². The van der Waals surface area contributed by atoms with E-state index in [1.807, 2.05) is 13.8 Å². The van der Waals surface area contributed by atoms with E-state index in [4.69, 9.17) is 10.00 Å². The van der Waals surface area contributed by atoms with E-state index in [0.29, 0.717) is 31.7 Å². The van der Waals surface area contributed by atoms with Crippen LogP contribution in [-0.2, 0) is 19.1 Å². The van der Waals surface area contributed by atoms with Gasteiger partial charge in [-0.2, -0.15) is 5.26 Å². The van der Waals surface area contributed by atoms with Gasteiger partial charge in [0, 0.05) is 32.6 Å². The number of benzene rings is 1. The number of hydrogen-bond donors (Lipinski definition) is 1. The van der Waals surface area contributed by atoms with Crippen LogP contribution in [0.25, 0.3) is 0 Å². The monoisotopic (exact) mass is 426 g/mol. The molecule has 2 aliphatic heterocycles. The lowest BCUT2D eigenvalue weighted by molar-refractivity contribution is -0.148. The van der Waals surface area contributed by atoms with Crippen molar-refractivity contribution in [2.75, 3.05) is 33.3 Å². The summed E-state index contributed by atoms with van der Waals surface area (Å²) in [5.41, 5.74) is 1.21.